The number of para-hydroxylation sites is 1. The predicted molar refractivity (Wildman–Crippen MR) is 120 cm³/mol. The van der Waals surface area contributed by atoms with E-state index in [1.54, 1.807) is 11.0 Å². The highest BCUT2D eigenvalue weighted by Gasteiger charge is 2.32. The number of aryl methyl sites for hydroxylation is 1. The molecule has 154 valence electrons. The Bertz CT molecular complexity index is 1040. The van der Waals surface area contributed by atoms with Gasteiger partial charge in [-0.3, -0.25) is 9.69 Å². The molecule has 0 aliphatic carbocycles. The fourth-order valence-corrected chi connectivity index (χ4v) is 3.98. The lowest BCUT2D eigenvalue weighted by molar-refractivity contribution is -0.122. The van der Waals surface area contributed by atoms with Crippen molar-refractivity contribution >= 4 is 34.6 Å². The molecule has 6 nitrogen and oxygen atoms in total. The number of nitriles is 1. The Hall–Kier alpha value is -3.24. The summed E-state index contributed by atoms with van der Waals surface area (Å²) < 4.78 is 11.0. The van der Waals surface area contributed by atoms with Gasteiger partial charge < -0.3 is 9.47 Å². The van der Waals surface area contributed by atoms with Gasteiger partial charge in [-0.2, -0.15) is 5.26 Å². The molecule has 1 aliphatic rings. The summed E-state index contributed by atoms with van der Waals surface area (Å²) >= 11 is 1.36. The molecule has 0 aromatic heterocycles. The quantitative estimate of drug-likeness (QED) is 0.593. The van der Waals surface area contributed by atoms with Gasteiger partial charge in [-0.25, -0.2) is 4.99 Å². The second-order valence-electron chi connectivity index (χ2n) is 6.43. The monoisotopic (exact) mass is 421 g/mol. The summed E-state index contributed by atoms with van der Waals surface area (Å²) in [7, 11) is 0. The average molecular weight is 422 g/mol. The summed E-state index contributed by atoms with van der Waals surface area (Å²) in [4.78, 5) is 19.9. The highest BCUT2D eigenvalue weighted by molar-refractivity contribution is 8.18. The molecule has 3 rings (SSSR count). The van der Waals surface area contributed by atoms with Gasteiger partial charge in [-0.1, -0.05) is 24.3 Å². The van der Waals surface area contributed by atoms with Crippen LogP contribution in [0.5, 0.6) is 11.5 Å². The van der Waals surface area contributed by atoms with Crippen molar-refractivity contribution in [2.75, 3.05) is 19.8 Å². The number of amides is 1. The predicted octanol–water partition coefficient (Wildman–Crippen LogP) is 4.92. The van der Waals surface area contributed by atoms with E-state index in [4.69, 9.17) is 19.7 Å². The van der Waals surface area contributed by atoms with Crippen LogP contribution < -0.4 is 9.47 Å². The van der Waals surface area contributed by atoms with Crippen LogP contribution in [0.4, 0.5) is 5.69 Å². The van der Waals surface area contributed by atoms with E-state index in [2.05, 4.69) is 0 Å². The molecule has 0 spiro atoms. The van der Waals surface area contributed by atoms with Gasteiger partial charge in [0.25, 0.3) is 5.91 Å². The van der Waals surface area contributed by atoms with E-state index in [9.17, 15) is 4.79 Å². The molecule has 30 heavy (non-hydrogen) atoms. The van der Waals surface area contributed by atoms with Crippen molar-refractivity contribution in [2.24, 2.45) is 4.99 Å². The van der Waals surface area contributed by atoms with Crippen molar-refractivity contribution in [1.29, 1.82) is 5.26 Å². The van der Waals surface area contributed by atoms with Crippen LogP contribution in [0.3, 0.4) is 0 Å². The van der Waals surface area contributed by atoms with Crippen molar-refractivity contribution in [2.45, 2.75) is 20.8 Å². The van der Waals surface area contributed by atoms with E-state index in [1.165, 1.54) is 11.8 Å². The SMILES string of the molecule is CCOc1cc(/C=C2/SC(=Nc3ccccc3C)N(CC)C2=O)ccc1OCC#N. The number of rotatable bonds is 7. The van der Waals surface area contributed by atoms with Gasteiger partial charge in [0.05, 0.1) is 17.2 Å². The summed E-state index contributed by atoms with van der Waals surface area (Å²) in [6, 6.07) is 15.2. The Morgan fingerprint density at radius 2 is 1.97 bits per heavy atom. The molecule has 2 aromatic rings. The lowest BCUT2D eigenvalue weighted by Gasteiger charge is -2.12. The maximum absolute atomic E-state index is 12.9. The highest BCUT2D eigenvalue weighted by Crippen LogP contribution is 2.36. The Kier molecular flexibility index (Phi) is 7.15. The summed E-state index contributed by atoms with van der Waals surface area (Å²) in [5, 5.41) is 9.40. The molecular weight excluding hydrogens is 398 g/mol. The number of hydrogen-bond donors (Lipinski definition) is 0. The fourth-order valence-electron chi connectivity index (χ4n) is 2.93. The molecule has 1 amide bonds. The standard InChI is InChI=1S/C23H23N3O3S/c1-4-26-22(27)21(30-23(26)25-18-9-7-6-8-16(18)3)15-17-10-11-19(29-13-12-24)20(14-17)28-5-2/h6-11,14-15H,4-5,13H2,1-3H3/b21-15+,25-23?. The summed E-state index contributed by atoms with van der Waals surface area (Å²) in [5.41, 5.74) is 2.72. The van der Waals surface area contributed by atoms with Gasteiger partial charge >= 0.3 is 0 Å². The molecule has 0 atom stereocenters. The number of ether oxygens (including phenoxy) is 2. The minimum atomic E-state index is -0.0717. The Morgan fingerprint density at radius 1 is 1.17 bits per heavy atom. The first-order valence-corrected chi connectivity index (χ1v) is 10.5. The number of nitrogens with zero attached hydrogens (tertiary/aromatic N) is 3. The third kappa shape index (κ3) is 4.84. The number of carbonyl (C=O) groups is 1. The Morgan fingerprint density at radius 3 is 2.67 bits per heavy atom. The molecule has 0 radical (unpaired) electrons. The van der Waals surface area contributed by atoms with Gasteiger partial charge in [0.2, 0.25) is 0 Å². The Labute approximate surface area is 180 Å². The van der Waals surface area contributed by atoms with Crippen LogP contribution in [-0.2, 0) is 4.79 Å². The van der Waals surface area contributed by atoms with Crippen LogP contribution in [0.25, 0.3) is 6.08 Å². The molecule has 1 fully saturated rings. The summed E-state index contributed by atoms with van der Waals surface area (Å²) in [6.07, 6.45) is 1.83. The van der Waals surface area contributed by atoms with E-state index in [-0.39, 0.29) is 12.5 Å². The van der Waals surface area contributed by atoms with E-state index < -0.39 is 0 Å². The molecular formula is C23H23N3O3S. The van der Waals surface area contributed by atoms with Gasteiger partial charge in [-0.05, 0) is 67.9 Å². The number of amidine groups is 1. The van der Waals surface area contributed by atoms with Crippen molar-refractivity contribution in [1.82, 2.24) is 4.90 Å². The van der Waals surface area contributed by atoms with Crippen molar-refractivity contribution < 1.29 is 14.3 Å². The summed E-state index contributed by atoms with van der Waals surface area (Å²) in [5.74, 6) is 0.972. The minimum absolute atomic E-state index is 0.0565. The molecule has 0 saturated carbocycles. The van der Waals surface area contributed by atoms with Crippen LogP contribution in [0.1, 0.15) is 25.0 Å². The lowest BCUT2D eigenvalue weighted by Crippen LogP contribution is -2.28. The molecule has 1 saturated heterocycles. The Balaban J connectivity index is 1.92. The van der Waals surface area contributed by atoms with Crippen molar-refractivity contribution in [3.63, 3.8) is 0 Å². The maximum atomic E-state index is 12.9. The smallest absolute Gasteiger partial charge is 0.266 e. The van der Waals surface area contributed by atoms with Gasteiger partial charge in [-0.15, -0.1) is 0 Å². The third-order valence-corrected chi connectivity index (χ3v) is 5.40. The topological polar surface area (TPSA) is 74.9 Å². The lowest BCUT2D eigenvalue weighted by atomic mass is 10.2. The van der Waals surface area contributed by atoms with E-state index in [1.807, 2.05) is 69.3 Å². The first-order chi connectivity index (χ1) is 14.6. The number of aliphatic imine (C=N–C) groups is 1. The number of thioether (sulfide) groups is 1. The second kappa shape index (κ2) is 9.99. The molecule has 7 heteroatoms. The molecule has 0 unspecified atom stereocenters. The van der Waals surface area contributed by atoms with Gasteiger partial charge in [0.1, 0.15) is 6.07 Å². The number of benzene rings is 2. The zero-order chi connectivity index (χ0) is 21.5. The molecule has 1 aliphatic heterocycles. The van der Waals surface area contributed by atoms with Crippen molar-refractivity contribution in [3.8, 4) is 17.6 Å². The zero-order valence-corrected chi connectivity index (χ0v) is 18.0. The molecule has 0 bridgehead atoms. The number of hydrogen-bond acceptors (Lipinski definition) is 6. The number of likely N-dealkylation sites (N-methyl/N-ethyl adjacent to an activating group) is 1. The first kappa shape index (κ1) is 21.5. The van der Waals surface area contributed by atoms with E-state index in [0.717, 1.165) is 16.8 Å². The molecule has 1 heterocycles. The number of carbonyl (C=O) groups excluding carboxylic acids is 1. The molecule has 0 N–H and O–H groups in total. The van der Waals surface area contributed by atoms with Crippen LogP contribution in [0, 0.1) is 18.3 Å². The highest BCUT2D eigenvalue weighted by atomic mass is 32.2. The zero-order valence-electron chi connectivity index (χ0n) is 17.2. The average Bonchev–Trinajstić information content (AvgIpc) is 3.03. The van der Waals surface area contributed by atoms with Crippen LogP contribution in [-0.4, -0.2) is 35.7 Å². The van der Waals surface area contributed by atoms with Crippen LogP contribution >= 0.6 is 11.8 Å². The van der Waals surface area contributed by atoms with Gasteiger partial charge in [0, 0.05) is 6.54 Å². The normalized spacial score (nSPS) is 16.2. The molecule has 2 aromatic carbocycles. The first-order valence-electron chi connectivity index (χ1n) is 9.69. The van der Waals surface area contributed by atoms with Gasteiger partial charge in [0.15, 0.2) is 23.3 Å². The maximum Gasteiger partial charge on any atom is 0.266 e. The summed E-state index contributed by atoms with van der Waals surface area (Å²) in [6.45, 7) is 6.76. The fraction of sp³-hybridized carbons (Fsp3) is 0.261. The van der Waals surface area contributed by atoms with Crippen molar-refractivity contribution in [3.05, 3.63) is 58.5 Å². The second-order valence-corrected chi connectivity index (χ2v) is 7.44. The minimum Gasteiger partial charge on any atom is -0.490 e. The van der Waals surface area contributed by atoms with E-state index in [0.29, 0.717) is 34.7 Å². The van der Waals surface area contributed by atoms with E-state index >= 15 is 0 Å². The van der Waals surface area contributed by atoms with Crippen LogP contribution in [0.2, 0.25) is 0 Å². The van der Waals surface area contributed by atoms with Crippen LogP contribution in [0.15, 0.2) is 52.4 Å². The third-order valence-electron chi connectivity index (χ3n) is 4.39. The largest absolute Gasteiger partial charge is 0.490 e.